The monoisotopic (exact) mass is 335 g/mol. The van der Waals surface area contributed by atoms with E-state index in [9.17, 15) is 0 Å². The molecule has 0 aliphatic carbocycles. The van der Waals surface area contributed by atoms with Crippen LogP contribution < -0.4 is 15.4 Å². The standard InChI is InChI=1S/C18H29N3OS/c1-4-22-17-10-8-16(9-11-17)20-18(23)19-13-15(3)21-12-6-5-7-14(21)2/h8-11,14-15H,4-7,12-13H2,1-3H3,(H2,19,20,23)/t14-,15-/m1/s1. The van der Waals surface area contributed by atoms with Crippen LogP contribution in [0, 0.1) is 0 Å². The van der Waals surface area contributed by atoms with Crippen LogP contribution in [0.4, 0.5) is 5.69 Å². The van der Waals surface area contributed by atoms with Gasteiger partial charge in [-0.05, 0) is 76.6 Å². The van der Waals surface area contributed by atoms with Crippen molar-refractivity contribution in [2.75, 3.05) is 25.0 Å². The average molecular weight is 336 g/mol. The zero-order valence-corrected chi connectivity index (χ0v) is 15.3. The molecule has 5 heteroatoms. The molecule has 1 saturated heterocycles. The van der Waals surface area contributed by atoms with E-state index in [1.165, 1.54) is 25.8 Å². The molecule has 0 radical (unpaired) electrons. The summed E-state index contributed by atoms with van der Waals surface area (Å²) in [5.41, 5.74) is 0.977. The summed E-state index contributed by atoms with van der Waals surface area (Å²) < 4.78 is 5.44. The maximum atomic E-state index is 5.44. The minimum absolute atomic E-state index is 0.491. The summed E-state index contributed by atoms with van der Waals surface area (Å²) in [5, 5.41) is 7.23. The molecule has 1 fully saturated rings. The molecule has 0 amide bonds. The van der Waals surface area contributed by atoms with Crippen LogP contribution in [0.2, 0.25) is 0 Å². The Hall–Kier alpha value is -1.33. The van der Waals surface area contributed by atoms with E-state index in [1.54, 1.807) is 0 Å². The van der Waals surface area contributed by atoms with Crippen LogP contribution in [0.5, 0.6) is 5.75 Å². The van der Waals surface area contributed by atoms with Crippen molar-refractivity contribution in [1.29, 1.82) is 0 Å². The molecule has 23 heavy (non-hydrogen) atoms. The molecule has 1 aromatic rings. The molecule has 0 spiro atoms. The Labute approximate surface area is 145 Å². The van der Waals surface area contributed by atoms with Gasteiger partial charge in [-0.15, -0.1) is 0 Å². The fourth-order valence-corrected chi connectivity index (χ4v) is 3.31. The van der Waals surface area contributed by atoms with E-state index < -0.39 is 0 Å². The van der Waals surface area contributed by atoms with Crippen LogP contribution in [-0.4, -0.2) is 41.8 Å². The number of nitrogens with one attached hydrogen (secondary N) is 2. The van der Waals surface area contributed by atoms with Gasteiger partial charge in [0.05, 0.1) is 6.61 Å². The number of ether oxygens (including phenoxy) is 1. The number of anilines is 1. The first-order chi connectivity index (χ1) is 11.1. The maximum absolute atomic E-state index is 5.44. The number of nitrogens with zero attached hydrogens (tertiary/aromatic N) is 1. The van der Waals surface area contributed by atoms with Gasteiger partial charge in [-0.25, -0.2) is 0 Å². The van der Waals surface area contributed by atoms with Crippen LogP contribution in [0.3, 0.4) is 0 Å². The van der Waals surface area contributed by atoms with Crippen LogP contribution in [0.25, 0.3) is 0 Å². The van der Waals surface area contributed by atoms with Crippen molar-refractivity contribution in [3.63, 3.8) is 0 Å². The van der Waals surface area contributed by atoms with Gasteiger partial charge in [0, 0.05) is 24.3 Å². The van der Waals surface area contributed by atoms with E-state index in [0.717, 1.165) is 18.0 Å². The van der Waals surface area contributed by atoms with Crippen molar-refractivity contribution in [3.05, 3.63) is 24.3 Å². The Morgan fingerprint density at radius 2 is 2.09 bits per heavy atom. The third-order valence-electron chi connectivity index (χ3n) is 4.40. The van der Waals surface area contributed by atoms with E-state index in [2.05, 4.69) is 29.4 Å². The summed E-state index contributed by atoms with van der Waals surface area (Å²) >= 11 is 5.40. The minimum Gasteiger partial charge on any atom is -0.494 e. The lowest BCUT2D eigenvalue weighted by Gasteiger charge is -2.38. The van der Waals surface area contributed by atoms with E-state index >= 15 is 0 Å². The predicted octanol–water partition coefficient (Wildman–Crippen LogP) is 3.63. The van der Waals surface area contributed by atoms with Gasteiger partial charge >= 0.3 is 0 Å². The Morgan fingerprint density at radius 1 is 1.35 bits per heavy atom. The van der Waals surface area contributed by atoms with Gasteiger partial charge in [-0.2, -0.15) is 0 Å². The molecule has 2 atom stereocenters. The largest absolute Gasteiger partial charge is 0.494 e. The smallest absolute Gasteiger partial charge is 0.170 e. The summed E-state index contributed by atoms with van der Waals surface area (Å²) in [6, 6.07) is 9.03. The second-order valence-corrected chi connectivity index (χ2v) is 6.63. The third-order valence-corrected chi connectivity index (χ3v) is 4.65. The highest BCUT2D eigenvalue weighted by atomic mass is 32.1. The van der Waals surface area contributed by atoms with E-state index in [1.807, 2.05) is 31.2 Å². The van der Waals surface area contributed by atoms with Crippen molar-refractivity contribution < 1.29 is 4.74 Å². The highest BCUT2D eigenvalue weighted by molar-refractivity contribution is 7.80. The van der Waals surface area contributed by atoms with Crippen molar-refractivity contribution in [2.24, 2.45) is 0 Å². The molecular weight excluding hydrogens is 306 g/mol. The van der Waals surface area contributed by atoms with E-state index in [-0.39, 0.29) is 0 Å². The van der Waals surface area contributed by atoms with Crippen molar-refractivity contribution >= 4 is 23.0 Å². The lowest BCUT2D eigenvalue weighted by molar-refractivity contribution is 0.116. The fraction of sp³-hybridized carbons (Fsp3) is 0.611. The van der Waals surface area contributed by atoms with Gasteiger partial charge < -0.3 is 15.4 Å². The van der Waals surface area contributed by atoms with Crippen molar-refractivity contribution in [2.45, 2.75) is 52.1 Å². The topological polar surface area (TPSA) is 36.5 Å². The van der Waals surface area contributed by atoms with Gasteiger partial charge in [-0.1, -0.05) is 6.42 Å². The first kappa shape index (κ1) is 18.0. The molecule has 1 aromatic carbocycles. The third kappa shape index (κ3) is 5.66. The summed E-state index contributed by atoms with van der Waals surface area (Å²) in [5.74, 6) is 0.879. The second-order valence-electron chi connectivity index (χ2n) is 6.22. The Bertz CT molecular complexity index is 492. The zero-order valence-electron chi connectivity index (χ0n) is 14.5. The van der Waals surface area contributed by atoms with Gasteiger partial charge in [0.25, 0.3) is 0 Å². The van der Waals surface area contributed by atoms with Gasteiger partial charge in [0.1, 0.15) is 5.75 Å². The van der Waals surface area contributed by atoms with E-state index in [0.29, 0.717) is 23.8 Å². The molecule has 1 aliphatic heterocycles. The second kappa shape index (κ2) is 9.08. The first-order valence-corrected chi connectivity index (χ1v) is 9.04. The molecule has 1 heterocycles. The number of rotatable bonds is 6. The van der Waals surface area contributed by atoms with Crippen molar-refractivity contribution in [1.82, 2.24) is 10.2 Å². The number of piperidine rings is 1. The summed E-state index contributed by atoms with van der Waals surface area (Å²) in [6.07, 6.45) is 3.97. The summed E-state index contributed by atoms with van der Waals surface area (Å²) in [4.78, 5) is 2.58. The quantitative estimate of drug-likeness (QED) is 0.776. The number of benzene rings is 1. The highest BCUT2D eigenvalue weighted by Crippen LogP contribution is 2.19. The summed E-state index contributed by atoms with van der Waals surface area (Å²) in [6.45, 7) is 9.33. The Balaban J connectivity index is 1.75. The predicted molar refractivity (Wildman–Crippen MR) is 101 cm³/mol. The molecule has 4 nitrogen and oxygen atoms in total. The molecule has 0 bridgehead atoms. The zero-order chi connectivity index (χ0) is 16.7. The minimum atomic E-state index is 0.491. The van der Waals surface area contributed by atoms with Crippen LogP contribution >= 0.6 is 12.2 Å². The van der Waals surface area contributed by atoms with E-state index in [4.69, 9.17) is 17.0 Å². The molecule has 0 unspecified atom stereocenters. The molecule has 0 aromatic heterocycles. The summed E-state index contributed by atoms with van der Waals surface area (Å²) in [7, 11) is 0. The van der Waals surface area contributed by atoms with Gasteiger partial charge in [0.15, 0.2) is 5.11 Å². The van der Waals surface area contributed by atoms with Crippen LogP contribution in [0.15, 0.2) is 24.3 Å². The normalized spacial score (nSPS) is 19.9. The molecule has 2 rings (SSSR count). The molecule has 1 aliphatic rings. The Morgan fingerprint density at radius 3 is 2.74 bits per heavy atom. The molecule has 2 N–H and O–H groups in total. The van der Waals surface area contributed by atoms with Crippen LogP contribution in [0.1, 0.15) is 40.0 Å². The number of likely N-dealkylation sites (tertiary alicyclic amines) is 1. The van der Waals surface area contributed by atoms with Gasteiger partial charge in [0.2, 0.25) is 0 Å². The van der Waals surface area contributed by atoms with Crippen LogP contribution in [-0.2, 0) is 0 Å². The number of hydrogen-bond acceptors (Lipinski definition) is 3. The lowest BCUT2D eigenvalue weighted by Crippen LogP contribution is -2.48. The lowest BCUT2D eigenvalue weighted by atomic mass is 10.0. The SMILES string of the molecule is CCOc1ccc(NC(=S)NC[C@@H](C)N2CCCC[C@H]2C)cc1. The molecular formula is C18H29N3OS. The molecule has 128 valence electrons. The van der Waals surface area contributed by atoms with Gasteiger partial charge in [-0.3, -0.25) is 4.90 Å². The first-order valence-electron chi connectivity index (χ1n) is 8.63. The number of thiocarbonyl (C=S) groups is 1. The fourth-order valence-electron chi connectivity index (χ4n) is 3.11. The molecule has 0 saturated carbocycles. The maximum Gasteiger partial charge on any atom is 0.170 e. The highest BCUT2D eigenvalue weighted by Gasteiger charge is 2.22. The average Bonchev–Trinajstić information content (AvgIpc) is 2.55. The number of hydrogen-bond donors (Lipinski definition) is 2. The Kier molecular flexibility index (Phi) is 7.12. The van der Waals surface area contributed by atoms with Crippen molar-refractivity contribution in [3.8, 4) is 5.75 Å².